The van der Waals surface area contributed by atoms with Crippen LogP contribution in [0.5, 0.6) is 0 Å². The van der Waals surface area contributed by atoms with Crippen molar-refractivity contribution >= 4 is 35.8 Å². The molecule has 1 heterocycles. The van der Waals surface area contributed by atoms with Crippen LogP contribution >= 0.6 is 24.0 Å². The number of carbonyl (C=O) groups excluding carboxylic acids is 1. The van der Waals surface area contributed by atoms with E-state index in [-0.39, 0.29) is 36.4 Å². The van der Waals surface area contributed by atoms with Crippen molar-refractivity contribution in [2.24, 2.45) is 4.99 Å². The van der Waals surface area contributed by atoms with Crippen LogP contribution in [0.15, 0.2) is 29.5 Å². The van der Waals surface area contributed by atoms with Crippen LogP contribution in [0.4, 0.5) is 0 Å². The number of nitrogens with zero attached hydrogens (tertiary/aromatic N) is 2. The quantitative estimate of drug-likeness (QED) is 0.245. The van der Waals surface area contributed by atoms with Gasteiger partial charge in [-0.1, -0.05) is 0 Å². The van der Waals surface area contributed by atoms with E-state index in [0.29, 0.717) is 19.1 Å². The Balaban J connectivity index is 0.00000400. The Morgan fingerprint density at radius 1 is 1.19 bits per heavy atom. The normalized spacial score (nSPS) is 10.7. The topological polar surface area (TPSA) is 79.7 Å². The summed E-state index contributed by atoms with van der Waals surface area (Å²) in [5.74, 6) is 0.523. The minimum absolute atomic E-state index is 0. The summed E-state index contributed by atoms with van der Waals surface area (Å²) < 4.78 is 6.92. The minimum atomic E-state index is -0.0876. The predicted molar refractivity (Wildman–Crippen MR) is 94.1 cm³/mol. The fourth-order valence-electron chi connectivity index (χ4n) is 1.56. The lowest BCUT2D eigenvalue weighted by molar-refractivity contribution is -0.120. The molecule has 1 amide bonds. The molecule has 8 heteroatoms. The molecule has 0 saturated heterocycles. The number of guanidine groups is 1. The van der Waals surface area contributed by atoms with Gasteiger partial charge in [-0.3, -0.25) is 9.79 Å². The molecule has 0 spiro atoms. The van der Waals surface area contributed by atoms with E-state index in [1.165, 1.54) is 0 Å². The van der Waals surface area contributed by atoms with Gasteiger partial charge in [-0.25, -0.2) is 0 Å². The summed E-state index contributed by atoms with van der Waals surface area (Å²) in [5, 5.41) is 8.82. The zero-order valence-corrected chi connectivity index (χ0v) is 14.8. The lowest BCUT2D eigenvalue weighted by Crippen LogP contribution is -2.44. The average Bonchev–Trinajstić information content (AvgIpc) is 2.96. The van der Waals surface area contributed by atoms with Gasteiger partial charge in [0, 0.05) is 46.2 Å². The van der Waals surface area contributed by atoms with Crippen LogP contribution in [0.3, 0.4) is 0 Å². The van der Waals surface area contributed by atoms with E-state index in [2.05, 4.69) is 25.5 Å². The molecule has 1 aromatic heterocycles. The van der Waals surface area contributed by atoms with Gasteiger partial charge in [-0.15, -0.1) is 24.0 Å². The fourth-order valence-corrected chi connectivity index (χ4v) is 1.56. The first-order valence-corrected chi connectivity index (χ1v) is 6.57. The monoisotopic (exact) mass is 409 g/mol. The summed E-state index contributed by atoms with van der Waals surface area (Å²) in [5.41, 5.74) is 0. The molecule has 0 aromatic carbocycles. The molecule has 0 unspecified atom stereocenters. The van der Waals surface area contributed by atoms with Crippen LogP contribution in [0.2, 0.25) is 0 Å². The SMILES string of the molecule is CN=C(NCCn1cccc1)NCC(=O)NCCOC.I. The van der Waals surface area contributed by atoms with Crippen molar-refractivity contribution in [3.63, 3.8) is 0 Å². The number of nitrogens with one attached hydrogen (secondary N) is 3. The molecule has 0 fully saturated rings. The molecule has 7 nitrogen and oxygen atoms in total. The van der Waals surface area contributed by atoms with Gasteiger partial charge in [-0.2, -0.15) is 0 Å². The maximum atomic E-state index is 11.5. The molecular weight excluding hydrogens is 385 g/mol. The van der Waals surface area contributed by atoms with Crippen LogP contribution in [0.25, 0.3) is 0 Å². The number of carbonyl (C=O) groups is 1. The van der Waals surface area contributed by atoms with Crippen LogP contribution < -0.4 is 16.0 Å². The third kappa shape index (κ3) is 9.29. The number of ether oxygens (including phenoxy) is 1. The van der Waals surface area contributed by atoms with Crippen molar-refractivity contribution in [2.75, 3.05) is 40.4 Å². The Kier molecular flexibility index (Phi) is 11.7. The standard InChI is InChI=1S/C13H23N5O2.HI/c1-14-13(16-5-9-18-7-3-4-8-18)17-11-12(19)15-6-10-20-2;/h3-4,7-8H,5-6,9-11H2,1-2H3,(H,15,19)(H2,14,16,17);1H. The number of aromatic nitrogens is 1. The first-order chi connectivity index (χ1) is 9.76. The molecule has 0 aliphatic rings. The molecule has 3 N–H and O–H groups in total. The van der Waals surface area contributed by atoms with E-state index in [1.807, 2.05) is 24.5 Å². The van der Waals surface area contributed by atoms with Crippen molar-refractivity contribution in [1.29, 1.82) is 0 Å². The molecule has 0 radical (unpaired) electrons. The number of hydrogen-bond donors (Lipinski definition) is 3. The van der Waals surface area contributed by atoms with Crippen molar-refractivity contribution in [2.45, 2.75) is 6.54 Å². The van der Waals surface area contributed by atoms with E-state index in [0.717, 1.165) is 13.1 Å². The third-order valence-electron chi connectivity index (χ3n) is 2.60. The Morgan fingerprint density at radius 2 is 1.90 bits per heavy atom. The second kappa shape index (κ2) is 12.5. The van der Waals surface area contributed by atoms with Gasteiger partial charge in [0.1, 0.15) is 0 Å². The molecule has 0 atom stereocenters. The fraction of sp³-hybridized carbons (Fsp3) is 0.538. The molecule has 0 aliphatic carbocycles. The van der Waals surface area contributed by atoms with E-state index in [4.69, 9.17) is 4.74 Å². The first kappa shape index (κ1) is 19.7. The van der Waals surface area contributed by atoms with Crippen LogP contribution in [-0.2, 0) is 16.1 Å². The van der Waals surface area contributed by atoms with Crippen molar-refractivity contribution in [1.82, 2.24) is 20.5 Å². The number of amides is 1. The van der Waals surface area contributed by atoms with Crippen molar-refractivity contribution in [3.8, 4) is 0 Å². The van der Waals surface area contributed by atoms with Gasteiger partial charge in [0.2, 0.25) is 5.91 Å². The van der Waals surface area contributed by atoms with E-state index < -0.39 is 0 Å². The zero-order valence-electron chi connectivity index (χ0n) is 12.5. The number of hydrogen-bond acceptors (Lipinski definition) is 3. The Morgan fingerprint density at radius 3 is 2.52 bits per heavy atom. The third-order valence-corrected chi connectivity index (χ3v) is 2.60. The van der Waals surface area contributed by atoms with Gasteiger partial charge in [-0.05, 0) is 12.1 Å². The highest BCUT2D eigenvalue weighted by molar-refractivity contribution is 14.0. The van der Waals surface area contributed by atoms with E-state index >= 15 is 0 Å². The summed E-state index contributed by atoms with van der Waals surface area (Å²) >= 11 is 0. The summed E-state index contributed by atoms with van der Waals surface area (Å²) in [6.07, 6.45) is 4.00. The average molecular weight is 409 g/mol. The highest BCUT2D eigenvalue weighted by atomic mass is 127. The lowest BCUT2D eigenvalue weighted by Gasteiger charge is -2.12. The summed E-state index contributed by atoms with van der Waals surface area (Å²) in [7, 11) is 3.27. The number of methoxy groups -OCH3 is 1. The van der Waals surface area contributed by atoms with Gasteiger partial charge >= 0.3 is 0 Å². The summed E-state index contributed by atoms with van der Waals surface area (Å²) in [6.45, 7) is 2.78. The lowest BCUT2D eigenvalue weighted by atomic mass is 10.5. The highest BCUT2D eigenvalue weighted by Gasteiger charge is 2.02. The molecular formula is C13H24IN5O2. The van der Waals surface area contributed by atoms with Crippen molar-refractivity contribution < 1.29 is 9.53 Å². The van der Waals surface area contributed by atoms with E-state index in [9.17, 15) is 4.79 Å². The van der Waals surface area contributed by atoms with Crippen LogP contribution in [-0.4, -0.2) is 56.8 Å². The minimum Gasteiger partial charge on any atom is -0.383 e. The molecule has 21 heavy (non-hydrogen) atoms. The molecule has 1 rings (SSSR count). The Labute approximate surface area is 142 Å². The first-order valence-electron chi connectivity index (χ1n) is 6.57. The second-order valence-corrected chi connectivity index (χ2v) is 4.12. The van der Waals surface area contributed by atoms with Crippen LogP contribution in [0.1, 0.15) is 0 Å². The molecule has 0 bridgehead atoms. The van der Waals surface area contributed by atoms with E-state index in [1.54, 1.807) is 14.2 Å². The van der Waals surface area contributed by atoms with Crippen molar-refractivity contribution in [3.05, 3.63) is 24.5 Å². The maximum absolute atomic E-state index is 11.5. The number of halogens is 1. The van der Waals surface area contributed by atoms with Crippen LogP contribution in [0, 0.1) is 0 Å². The second-order valence-electron chi connectivity index (χ2n) is 4.12. The zero-order chi connectivity index (χ0) is 14.6. The molecule has 0 aliphatic heterocycles. The molecule has 120 valence electrons. The number of rotatable bonds is 8. The smallest absolute Gasteiger partial charge is 0.239 e. The molecule has 0 saturated carbocycles. The molecule has 1 aromatic rings. The largest absolute Gasteiger partial charge is 0.383 e. The summed E-state index contributed by atoms with van der Waals surface area (Å²) in [6, 6.07) is 3.97. The van der Waals surface area contributed by atoms with Gasteiger partial charge in [0.05, 0.1) is 13.2 Å². The predicted octanol–water partition coefficient (Wildman–Crippen LogP) is 0.0337. The Bertz CT molecular complexity index is 409. The summed E-state index contributed by atoms with van der Waals surface area (Å²) in [4.78, 5) is 15.5. The van der Waals surface area contributed by atoms with Gasteiger partial charge in [0.25, 0.3) is 0 Å². The van der Waals surface area contributed by atoms with Gasteiger partial charge in [0.15, 0.2) is 5.96 Å². The Hall–Kier alpha value is -1.29. The highest BCUT2D eigenvalue weighted by Crippen LogP contribution is 1.87. The number of aliphatic imine (C=N–C) groups is 1. The van der Waals surface area contributed by atoms with Gasteiger partial charge < -0.3 is 25.3 Å². The maximum Gasteiger partial charge on any atom is 0.239 e.